The van der Waals surface area contributed by atoms with Crippen LogP contribution in [0, 0.1) is 11.3 Å². The Balaban J connectivity index is 3.21. The summed E-state index contributed by atoms with van der Waals surface area (Å²) in [6, 6.07) is 9.31. The van der Waals surface area contributed by atoms with Gasteiger partial charge in [0, 0.05) is 10.9 Å². The number of rotatable bonds is 3. The SMILES string of the molecule is C=CC[Si](C)(C)c1ccccc1C#CCl. The Kier molecular flexibility index (Phi) is 4.20. The number of allylic oxidation sites excluding steroid dienone is 1. The normalized spacial score (nSPS) is 10.3. The van der Waals surface area contributed by atoms with Gasteiger partial charge in [-0.2, -0.15) is 0 Å². The quantitative estimate of drug-likeness (QED) is 0.428. The summed E-state index contributed by atoms with van der Waals surface area (Å²) >= 11 is 5.47. The molecule has 0 spiro atoms. The zero-order chi connectivity index (χ0) is 11.3. The van der Waals surface area contributed by atoms with Crippen LogP contribution in [0.3, 0.4) is 0 Å². The third kappa shape index (κ3) is 2.99. The van der Waals surface area contributed by atoms with Crippen LogP contribution in [-0.4, -0.2) is 8.07 Å². The second kappa shape index (κ2) is 5.20. The molecule has 0 aromatic heterocycles. The fourth-order valence-electron chi connectivity index (χ4n) is 1.70. The second-order valence-corrected chi connectivity index (χ2v) is 9.05. The standard InChI is InChI=1S/C13H15ClSi/c1-4-11-15(2,3)13-8-6-5-7-12(13)9-10-14/h4-8H,1,11H2,2-3H3. The van der Waals surface area contributed by atoms with Crippen LogP contribution in [0.1, 0.15) is 5.56 Å². The topological polar surface area (TPSA) is 0 Å². The minimum absolute atomic E-state index is 1.06. The van der Waals surface area contributed by atoms with Crippen LogP contribution in [0.5, 0.6) is 0 Å². The van der Waals surface area contributed by atoms with Gasteiger partial charge in [-0.1, -0.05) is 37.4 Å². The van der Waals surface area contributed by atoms with Gasteiger partial charge in [0.25, 0.3) is 0 Å². The molecule has 0 saturated carbocycles. The molecule has 0 unspecified atom stereocenters. The number of halogens is 1. The van der Waals surface area contributed by atoms with Gasteiger partial charge in [-0.05, 0) is 34.8 Å². The Morgan fingerprint density at radius 2 is 2.07 bits per heavy atom. The average Bonchev–Trinajstić information content (AvgIpc) is 2.19. The highest BCUT2D eigenvalue weighted by Crippen LogP contribution is 2.12. The average molecular weight is 235 g/mol. The van der Waals surface area contributed by atoms with E-state index in [2.05, 4.69) is 43.1 Å². The largest absolute Gasteiger partial charge is 0.103 e. The Morgan fingerprint density at radius 3 is 2.67 bits per heavy atom. The van der Waals surface area contributed by atoms with E-state index in [0.717, 1.165) is 11.6 Å². The molecule has 0 aliphatic heterocycles. The Morgan fingerprint density at radius 1 is 1.40 bits per heavy atom. The predicted octanol–water partition coefficient (Wildman–Crippen LogP) is 3.34. The Bertz CT molecular complexity index is 410. The van der Waals surface area contributed by atoms with Crippen molar-refractivity contribution < 1.29 is 0 Å². The van der Waals surface area contributed by atoms with Gasteiger partial charge in [0.05, 0.1) is 8.07 Å². The van der Waals surface area contributed by atoms with E-state index in [1.165, 1.54) is 5.19 Å². The van der Waals surface area contributed by atoms with E-state index in [1.807, 2.05) is 18.2 Å². The minimum Gasteiger partial charge on any atom is -0.103 e. The van der Waals surface area contributed by atoms with Crippen molar-refractivity contribution in [3.8, 4) is 11.3 Å². The summed E-state index contributed by atoms with van der Waals surface area (Å²) in [6.45, 7) is 8.47. The molecule has 0 aliphatic rings. The van der Waals surface area contributed by atoms with Gasteiger partial charge >= 0.3 is 0 Å². The molecule has 0 N–H and O–H groups in total. The Labute approximate surface area is 98.0 Å². The summed E-state index contributed by atoms with van der Waals surface area (Å²) in [6.07, 6.45) is 2.00. The van der Waals surface area contributed by atoms with Gasteiger partial charge in [-0.3, -0.25) is 0 Å². The predicted molar refractivity (Wildman–Crippen MR) is 71.3 cm³/mol. The fraction of sp³-hybridized carbons (Fsp3) is 0.231. The van der Waals surface area contributed by atoms with Gasteiger partial charge in [0.1, 0.15) is 0 Å². The summed E-state index contributed by atoms with van der Waals surface area (Å²) in [5.74, 6) is 2.96. The van der Waals surface area contributed by atoms with Gasteiger partial charge in [-0.25, -0.2) is 0 Å². The first kappa shape index (κ1) is 12.1. The smallest absolute Gasteiger partial charge is 0.0859 e. The van der Waals surface area contributed by atoms with Crippen LogP contribution in [0.2, 0.25) is 19.1 Å². The van der Waals surface area contributed by atoms with Crippen molar-refractivity contribution in [2.75, 3.05) is 0 Å². The van der Waals surface area contributed by atoms with Crippen LogP contribution in [0.15, 0.2) is 36.9 Å². The monoisotopic (exact) mass is 234 g/mol. The van der Waals surface area contributed by atoms with Crippen LogP contribution in [0.4, 0.5) is 0 Å². The van der Waals surface area contributed by atoms with Crippen molar-refractivity contribution in [3.05, 3.63) is 42.5 Å². The van der Waals surface area contributed by atoms with E-state index >= 15 is 0 Å². The van der Waals surface area contributed by atoms with Gasteiger partial charge < -0.3 is 0 Å². The van der Waals surface area contributed by atoms with E-state index in [1.54, 1.807) is 0 Å². The molecule has 0 saturated heterocycles. The van der Waals surface area contributed by atoms with Crippen molar-refractivity contribution in [1.82, 2.24) is 0 Å². The van der Waals surface area contributed by atoms with Crippen LogP contribution in [0.25, 0.3) is 0 Å². The highest BCUT2D eigenvalue weighted by molar-refractivity contribution is 6.90. The summed E-state index contributed by atoms with van der Waals surface area (Å²) in [5, 5.41) is 3.82. The summed E-state index contributed by atoms with van der Waals surface area (Å²) in [4.78, 5) is 0. The molecule has 1 rings (SSSR count). The molecule has 0 radical (unpaired) electrons. The molecule has 0 aliphatic carbocycles. The molecule has 0 nitrogen and oxygen atoms in total. The Hall–Kier alpha value is -0.973. The fourth-order valence-corrected chi connectivity index (χ4v) is 4.17. The summed E-state index contributed by atoms with van der Waals surface area (Å²) in [7, 11) is -1.44. The van der Waals surface area contributed by atoms with Crippen LogP contribution < -0.4 is 5.19 Å². The maximum Gasteiger partial charge on any atom is 0.0859 e. The first-order valence-electron chi connectivity index (χ1n) is 4.94. The molecule has 0 amide bonds. The zero-order valence-corrected chi connectivity index (χ0v) is 10.9. The van der Waals surface area contributed by atoms with Crippen molar-refractivity contribution in [2.45, 2.75) is 19.1 Å². The molecule has 0 atom stereocenters. The van der Waals surface area contributed by atoms with Crippen LogP contribution in [-0.2, 0) is 0 Å². The van der Waals surface area contributed by atoms with Gasteiger partial charge in [0.2, 0.25) is 0 Å². The number of benzene rings is 1. The second-order valence-electron chi connectivity index (χ2n) is 4.14. The van der Waals surface area contributed by atoms with E-state index in [-0.39, 0.29) is 0 Å². The first-order chi connectivity index (χ1) is 7.11. The number of hydrogen-bond acceptors (Lipinski definition) is 0. The van der Waals surface area contributed by atoms with Crippen LogP contribution >= 0.6 is 11.6 Å². The lowest BCUT2D eigenvalue weighted by molar-refractivity contribution is 1.53. The van der Waals surface area contributed by atoms with E-state index in [4.69, 9.17) is 11.6 Å². The molecule has 15 heavy (non-hydrogen) atoms. The molecule has 78 valence electrons. The zero-order valence-electron chi connectivity index (χ0n) is 9.18. The molecule has 1 aromatic carbocycles. The molecule has 2 heteroatoms. The van der Waals surface area contributed by atoms with Gasteiger partial charge in [-0.15, -0.1) is 6.58 Å². The lowest BCUT2D eigenvalue weighted by Crippen LogP contribution is -2.42. The maximum atomic E-state index is 5.47. The summed E-state index contributed by atoms with van der Waals surface area (Å²) < 4.78 is 0. The lowest BCUT2D eigenvalue weighted by Gasteiger charge is -2.22. The van der Waals surface area contributed by atoms with Crippen molar-refractivity contribution in [3.63, 3.8) is 0 Å². The van der Waals surface area contributed by atoms with Gasteiger partial charge in [0.15, 0.2) is 0 Å². The number of hydrogen-bond donors (Lipinski definition) is 0. The third-order valence-electron chi connectivity index (χ3n) is 2.49. The highest BCUT2D eigenvalue weighted by Gasteiger charge is 2.23. The highest BCUT2D eigenvalue weighted by atomic mass is 35.5. The lowest BCUT2D eigenvalue weighted by atomic mass is 10.2. The van der Waals surface area contributed by atoms with E-state index in [0.29, 0.717) is 0 Å². The van der Waals surface area contributed by atoms with E-state index < -0.39 is 8.07 Å². The van der Waals surface area contributed by atoms with E-state index in [9.17, 15) is 0 Å². The molecule has 0 bridgehead atoms. The first-order valence-corrected chi connectivity index (χ1v) is 8.52. The van der Waals surface area contributed by atoms with Crippen molar-refractivity contribution >= 4 is 24.9 Å². The molecular weight excluding hydrogens is 220 g/mol. The van der Waals surface area contributed by atoms with Crippen molar-refractivity contribution in [2.24, 2.45) is 0 Å². The molecule has 0 fully saturated rings. The minimum atomic E-state index is -1.44. The molecular formula is C13H15ClSi. The van der Waals surface area contributed by atoms with Crippen molar-refractivity contribution in [1.29, 1.82) is 0 Å². The molecule has 1 aromatic rings. The summed E-state index contributed by atoms with van der Waals surface area (Å²) in [5.41, 5.74) is 1.06. The maximum absolute atomic E-state index is 5.47. The molecule has 0 heterocycles. The third-order valence-corrected chi connectivity index (χ3v) is 5.79.